The quantitative estimate of drug-likeness (QED) is 0.499. The van der Waals surface area contributed by atoms with E-state index in [4.69, 9.17) is 0 Å². The minimum Gasteiger partial charge on any atom is -0.508 e. The van der Waals surface area contributed by atoms with Crippen molar-refractivity contribution in [1.82, 2.24) is 26.1 Å². The smallest absolute Gasteiger partial charge is 0.125 e. The van der Waals surface area contributed by atoms with Crippen molar-refractivity contribution < 1.29 is 9.50 Å². The first-order valence-electron chi connectivity index (χ1n) is 11.8. The summed E-state index contributed by atoms with van der Waals surface area (Å²) in [6, 6.07) is 5.06. The molecule has 1 saturated carbocycles. The Bertz CT molecular complexity index is 1020. The van der Waals surface area contributed by atoms with Gasteiger partial charge in [-0.15, -0.1) is 0 Å². The summed E-state index contributed by atoms with van der Waals surface area (Å²) in [5, 5.41) is 13.4. The molecule has 172 valence electrons. The van der Waals surface area contributed by atoms with Gasteiger partial charge < -0.3 is 15.4 Å². The number of phenolic OH excluding ortho intramolecular Hbond substituents is 1. The molecule has 0 amide bonds. The molecule has 3 aliphatic rings. The second-order valence-electron chi connectivity index (χ2n) is 10.2. The topological polar surface area (TPSA) is 85.0 Å². The third kappa shape index (κ3) is 3.87. The van der Waals surface area contributed by atoms with E-state index < -0.39 is 6.17 Å². The van der Waals surface area contributed by atoms with Crippen molar-refractivity contribution in [3.8, 4) is 5.75 Å². The van der Waals surface area contributed by atoms with Crippen molar-refractivity contribution in [2.24, 2.45) is 5.92 Å². The number of H-pyrrole nitrogens is 1. The van der Waals surface area contributed by atoms with Crippen molar-refractivity contribution in [3.63, 3.8) is 0 Å². The number of hydrogen-bond donors (Lipinski definition) is 5. The SMILES string of the molecule is CCc1cc(O)ccc1C1CCC2C(c3ncc(C4=CCC(C)(C)NC4)[nH]3)NNC2C1F. The summed E-state index contributed by atoms with van der Waals surface area (Å²) in [7, 11) is 0. The van der Waals surface area contributed by atoms with E-state index in [9.17, 15) is 5.11 Å². The van der Waals surface area contributed by atoms with Crippen molar-refractivity contribution in [1.29, 1.82) is 0 Å². The number of aromatic hydroxyl groups is 1. The molecule has 1 saturated heterocycles. The van der Waals surface area contributed by atoms with Crippen LogP contribution in [0.5, 0.6) is 5.75 Å². The number of nitrogens with one attached hydrogen (secondary N) is 4. The first kappa shape index (κ1) is 21.6. The summed E-state index contributed by atoms with van der Waals surface area (Å²) in [5.41, 5.74) is 11.0. The fourth-order valence-corrected chi connectivity index (χ4v) is 5.63. The number of aryl methyl sites for hydroxylation is 1. The third-order valence-electron chi connectivity index (χ3n) is 7.59. The van der Waals surface area contributed by atoms with Crippen LogP contribution in [0.1, 0.15) is 74.6 Å². The highest BCUT2D eigenvalue weighted by atomic mass is 19.1. The molecule has 2 fully saturated rings. The van der Waals surface area contributed by atoms with E-state index in [0.29, 0.717) is 0 Å². The van der Waals surface area contributed by atoms with Gasteiger partial charge in [-0.1, -0.05) is 19.1 Å². The molecule has 2 aromatic rings. The normalized spacial score (nSPS) is 31.9. The second kappa shape index (κ2) is 8.28. The number of phenols is 1. The molecule has 6 nitrogen and oxygen atoms in total. The molecule has 3 heterocycles. The maximum atomic E-state index is 15.8. The maximum absolute atomic E-state index is 15.8. The largest absolute Gasteiger partial charge is 0.508 e. The minimum atomic E-state index is -0.997. The van der Waals surface area contributed by atoms with Gasteiger partial charge in [-0.25, -0.2) is 14.8 Å². The Morgan fingerprint density at radius 2 is 2.06 bits per heavy atom. The number of halogens is 1. The molecule has 0 spiro atoms. The Balaban J connectivity index is 1.32. The number of benzene rings is 1. The third-order valence-corrected chi connectivity index (χ3v) is 7.59. The standard InChI is InChI=1S/C25H34FN5O/c1-4-14-11-16(32)5-6-17(14)18-7-8-19-22(21(18)26)30-31-23(19)24-27-13-20(29-24)15-9-10-25(2,3)28-12-15/h5-6,9,11,13,18-19,21-23,28,30-32H,4,7-8,10,12H2,1-3H3,(H,27,29). The molecule has 5 atom stereocenters. The molecule has 5 N–H and O–H groups in total. The van der Waals surface area contributed by atoms with E-state index in [1.807, 2.05) is 12.3 Å². The highest BCUT2D eigenvalue weighted by Gasteiger charge is 2.48. The van der Waals surface area contributed by atoms with Crippen LogP contribution in [0.25, 0.3) is 5.57 Å². The van der Waals surface area contributed by atoms with Gasteiger partial charge in [0, 0.05) is 23.9 Å². The summed E-state index contributed by atoms with van der Waals surface area (Å²) in [6.07, 6.45) is 6.65. The van der Waals surface area contributed by atoms with Crippen LogP contribution in [0.2, 0.25) is 0 Å². The fraction of sp³-hybridized carbons (Fsp3) is 0.560. The van der Waals surface area contributed by atoms with Gasteiger partial charge in [0.2, 0.25) is 0 Å². The van der Waals surface area contributed by atoms with Gasteiger partial charge in [-0.05, 0) is 68.4 Å². The lowest BCUT2D eigenvalue weighted by Crippen LogP contribution is -2.45. The Morgan fingerprint density at radius 3 is 2.81 bits per heavy atom. The predicted molar refractivity (Wildman–Crippen MR) is 124 cm³/mol. The predicted octanol–water partition coefficient (Wildman–Crippen LogP) is 3.88. The summed E-state index contributed by atoms with van der Waals surface area (Å²) < 4.78 is 15.8. The fourth-order valence-electron chi connectivity index (χ4n) is 5.63. The summed E-state index contributed by atoms with van der Waals surface area (Å²) in [6.45, 7) is 7.28. The highest BCUT2D eigenvalue weighted by molar-refractivity contribution is 5.65. The van der Waals surface area contributed by atoms with E-state index in [-0.39, 0.29) is 35.2 Å². The van der Waals surface area contributed by atoms with Crippen LogP contribution in [0.3, 0.4) is 0 Å². The molecule has 5 rings (SSSR count). The van der Waals surface area contributed by atoms with Gasteiger partial charge in [-0.2, -0.15) is 0 Å². The number of aromatic amines is 1. The Hall–Kier alpha value is -2.22. The Kier molecular flexibility index (Phi) is 5.60. The Labute approximate surface area is 189 Å². The average Bonchev–Trinajstić information content (AvgIpc) is 3.42. The van der Waals surface area contributed by atoms with E-state index in [1.54, 1.807) is 12.1 Å². The number of aromatic nitrogens is 2. The molecule has 1 aliphatic carbocycles. The number of rotatable bonds is 4. The zero-order chi connectivity index (χ0) is 22.5. The molecular formula is C25H34FN5O. The lowest BCUT2D eigenvalue weighted by atomic mass is 9.71. The summed E-state index contributed by atoms with van der Waals surface area (Å²) in [4.78, 5) is 8.16. The van der Waals surface area contributed by atoms with Crippen LogP contribution in [0.15, 0.2) is 30.5 Å². The van der Waals surface area contributed by atoms with E-state index in [1.165, 1.54) is 5.57 Å². The molecule has 0 radical (unpaired) electrons. The van der Waals surface area contributed by atoms with Crippen molar-refractivity contribution in [2.75, 3.05) is 6.54 Å². The zero-order valence-electron chi connectivity index (χ0n) is 19.1. The van der Waals surface area contributed by atoms with Crippen molar-refractivity contribution in [3.05, 3.63) is 53.1 Å². The number of hydrazine groups is 1. The van der Waals surface area contributed by atoms with Crippen LogP contribution in [0, 0.1) is 5.92 Å². The molecule has 2 aliphatic heterocycles. The highest BCUT2D eigenvalue weighted by Crippen LogP contribution is 2.45. The van der Waals surface area contributed by atoms with E-state index in [2.05, 4.69) is 53.0 Å². The maximum Gasteiger partial charge on any atom is 0.125 e. The average molecular weight is 440 g/mol. The van der Waals surface area contributed by atoms with Crippen LogP contribution in [0.4, 0.5) is 4.39 Å². The number of nitrogens with zero attached hydrogens (tertiary/aromatic N) is 1. The monoisotopic (exact) mass is 439 g/mol. The van der Waals surface area contributed by atoms with Crippen LogP contribution < -0.4 is 16.2 Å². The molecule has 32 heavy (non-hydrogen) atoms. The lowest BCUT2D eigenvalue weighted by molar-refractivity contribution is 0.135. The Morgan fingerprint density at radius 1 is 1.22 bits per heavy atom. The number of fused-ring (bicyclic) bond motifs is 1. The van der Waals surface area contributed by atoms with Crippen molar-refractivity contribution in [2.45, 2.75) is 76.2 Å². The molecule has 0 bridgehead atoms. The molecule has 1 aromatic carbocycles. The van der Waals surface area contributed by atoms with Crippen LogP contribution in [-0.2, 0) is 6.42 Å². The first-order valence-corrected chi connectivity index (χ1v) is 11.8. The van der Waals surface area contributed by atoms with E-state index in [0.717, 1.165) is 54.9 Å². The minimum absolute atomic E-state index is 0.0352. The van der Waals surface area contributed by atoms with Gasteiger partial charge in [-0.3, -0.25) is 5.43 Å². The molecule has 7 heteroatoms. The van der Waals surface area contributed by atoms with Gasteiger partial charge in [0.15, 0.2) is 0 Å². The zero-order valence-corrected chi connectivity index (χ0v) is 19.1. The van der Waals surface area contributed by atoms with Gasteiger partial charge in [0.05, 0.1) is 24.0 Å². The summed E-state index contributed by atoms with van der Waals surface area (Å²) in [5.74, 6) is 1.10. The van der Waals surface area contributed by atoms with Crippen LogP contribution in [-0.4, -0.2) is 39.4 Å². The second-order valence-corrected chi connectivity index (χ2v) is 10.2. The number of imidazole rings is 1. The van der Waals surface area contributed by atoms with Gasteiger partial charge in [0.1, 0.15) is 17.7 Å². The first-order chi connectivity index (χ1) is 15.4. The number of hydrogen-bond acceptors (Lipinski definition) is 5. The molecule has 5 unspecified atom stereocenters. The summed E-state index contributed by atoms with van der Waals surface area (Å²) >= 11 is 0. The van der Waals surface area contributed by atoms with E-state index >= 15 is 4.39 Å². The van der Waals surface area contributed by atoms with Gasteiger partial charge in [0.25, 0.3) is 0 Å². The van der Waals surface area contributed by atoms with Crippen LogP contribution >= 0.6 is 0 Å². The molecular weight excluding hydrogens is 405 g/mol. The molecule has 1 aromatic heterocycles. The van der Waals surface area contributed by atoms with Gasteiger partial charge >= 0.3 is 0 Å². The lowest BCUT2D eigenvalue weighted by Gasteiger charge is -2.36. The number of alkyl halides is 1. The van der Waals surface area contributed by atoms with Crippen molar-refractivity contribution >= 4 is 5.57 Å².